The van der Waals surface area contributed by atoms with Crippen LogP contribution in [0.5, 0.6) is 0 Å². The van der Waals surface area contributed by atoms with E-state index in [0.29, 0.717) is 6.04 Å². The van der Waals surface area contributed by atoms with Crippen molar-refractivity contribution in [2.75, 3.05) is 20.1 Å². The first-order chi connectivity index (χ1) is 8.91. The fourth-order valence-corrected chi connectivity index (χ4v) is 3.08. The number of nitrogens with zero attached hydrogens (tertiary/aromatic N) is 1. The number of hydrogen-bond acceptors (Lipinski definition) is 3. The predicted octanol–water partition coefficient (Wildman–Crippen LogP) is 1.74. The normalized spacial score (nSPS) is 28.0. The molecular weight excluding hydrogens is 238 g/mol. The molecule has 4 heteroatoms. The molecule has 0 heterocycles. The number of nitrogens with one attached hydrogen (secondary N) is 1. The van der Waals surface area contributed by atoms with Gasteiger partial charge < -0.3 is 16.0 Å². The molecule has 1 saturated carbocycles. The van der Waals surface area contributed by atoms with Crippen LogP contribution in [0.15, 0.2) is 0 Å². The van der Waals surface area contributed by atoms with E-state index in [1.165, 1.54) is 12.8 Å². The van der Waals surface area contributed by atoms with E-state index in [9.17, 15) is 4.79 Å². The highest BCUT2D eigenvalue weighted by Gasteiger charge is 2.41. The molecule has 2 atom stereocenters. The van der Waals surface area contributed by atoms with Gasteiger partial charge in [0, 0.05) is 6.04 Å². The van der Waals surface area contributed by atoms with Gasteiger partial charge in [0.25, 0.3) is 0 Å². The van der Waals surface area contributed by atoms with Gasteiger partial charge in [0.2, 0.25) is 5.91 Å². The van der Waals surface area contributed by atoms with Crippen LogP contribution in [0.4, 0.5) is 0 Å². The lowest BCUT2D eigenvalue weighted by atomic mass is 9.77. The Kier molecular flexibility index (Phi) is 6.27. The lowest BCUT2D eigenvalue weighted by molar-refractivity contribution is -0.126. The highest BCUT2D eigenvalue weighted by Crippen LogP contribution is 2.31. The van der Waals surface area contributed by atoms with Gasteiger partial charge in [-0.1, -0.05) is 20.8 Å². The standard InChI is InChI=1S/C15H31N3O/c1-5-17-15(14(16)19)9-6-7-13(11-15)18(4)10-8-12(2)3/h12-13,17H,5-11H2,1-4H3,(H2,16,19). The van der Waals surface area contributed by atoms with E-state index in [1.54, 1.807) is 0 Å². The molecule has 1 aliphatic rings. The Morgan fingerprint density at radius 2 is 2.21 bits per heavy atom. The van der Waals surface area contributed by atoms with Gasteiger partial charge in [-0.05, 0) is 58.2 Å². The van der Waals surface area contributed by atoms with Crippen LogP contribution in [0.2, 0.25) is 0 Å². The van der Waals surface area contributed by atoms with Crippen molar-refractivity contribution in [3.63, 3.8) is 0 Å². The van der Waals surface area contributed by atoms with Crippen molar-refractivity contribution in [2.45, 2.75) is 64.5 Å². The van der Waals surface area contributed by atoms with E-state index in [-0.39, 0.29) is 5.91 Å². The van der Waals surface area contributed by atoms with Crippen molar-refractivity contribution in [3.8, 4) is 0 Å². The van der Waals surface area contributed by atoms with Crippen molar-refractivity contribution in [1.29, 1.82) is 0 Å². The number of primary amides is 1. The second-order valence-electron chi connectivity index (χ2n) is 6.39. The highest BCUT2D eigenvalue weighted by molar-refractivity contribution is 5.84. The number of nitrogens with two attached hydrogens (primary N) is 1. The van der Waals surface area contributed by atoms with Gasteiger partial charge in [0.15, 0.2) is 0 Å². The van der Waals surface area contributed by atoms with Crippen LogP contribution in [0.1, 0.15) is 52.9 Å². The van der Waals surface area contributed by atoms with Gasteiger partial charge in [-0.2, -0.15) is 0 Å². The summed E-state index contributed by atoms with van der Waals surface area (Å²) in [6, 6.07) is 0.471. The van der Waals surface area contributed by atoms with E-state index in [0.717, 1.165) is 38.3 Å². The molecule has 2 unspecified atom stereocenters. The minimum Gasteiger partial charge on any atom is -0.368 e. The average molecular weight is 269 g/mol. The van der Waals surface area contributed by atoms with Gasteiger partial charge in [0.1, 0.15) is 0 Å². The second kappa shape index (κ2) is 7.25. The van der Waals surface area contributed by atoms with Crippen LogP contribution in [0.25, 0.3) is 0 Å². The fourth-order valence-electron chi connectivity index (χ4n) is 3.08. The topological polar surface area (TPSA) is 58.4 Å². The van der Waals surface area contributed by atoms with Crippen molar-refractivity contribution in [3.05, 3.63) is 0 Å². The van der Waals surface area contributed by atoms with Crippen LogP contribution in [0, 0.1) is 5.92 Å². The number of hydrogen-bond donors (Lipinski definition) is 2. The van der Waals surface area contributed by atoms with Crippen LogP contribution in [-0.2, 0) is 4.79 Å². The van der Waals surface area contributed by atoms with Crippen LogP contribution >= 0.6 is 0 Å². The third-order valence-corrected chi connectivity index (χ3v) is 4.39. The summed E-state index contributed by atoms with van der Waals surface area (Å²) in [6.45, 7) is 8.44. The largest absolute Gasteiger partial charge is 0.368 e. The molecule has 112 valence electrons. The predicted molar refractivity (Wildman–Crippen MR) is 79.9 cm³/mol. The van der Waals surface area contributed by atoms with Gasteiger partial charge in [0.05, 0.1) is 5.54 Å². The molecule has 1 fully saturated rings. The molecule has 4 nitrogen and oxygen atoms in total. The summed E-state index contributed by atoms with van der Waals surface area (Å²) in [7, 11) is 2.18. The molecule has 0 bridgehead atoms. The lowest BCUT2D eigenvalue weighted by Gasteiger charge is -2.42. The molecule has 0 radical (unpaired) electrons. The van der Waals surface area contributed by atoms with Gasteiger partial charge in [-0.25, -0.2) is 0 Å². The molecule has 0 aromatic heterocycles. The van der Waals surface area contributed by atoms with E-state index in [1.807, 2.05) is 6.92 Å². The maximum absolute atomic E-state index is 11.8. The number of amides is 1. The Bertz CT molecular complexity index is 289. The highest BCUT2D eigenvalue weighted by atomic mass is 16.1. The summed E-state index contributed by atoms with van der Waals surface area (Å²) in [4.78, 5) is 14.3. The van der Waals surface area contributed by atoms with E-state index < -0.39 is 5.54 Å². The average Bonchev–Trinajstić information content (AvgIpc) is 2.36. The van der Waals surface area contributed by atoms with E-state index in [2.05, 4.69) is 31.1 Å². The van der Waals surface area contributed by atoms with Crippen molar-refractivity contribution in [1.82, 2.24) is 10.2 Å². The van der Waals surface area contributed by atoms with Crippen molar-refractivity contribution >= 4 is 5.91 Å². The van der Waals surface area contributed by atoms with Crippen LogP contribution in [0.3, 0.4) is 0 Å². The minimum absolute atomic E-state index is 0.184. The fraction of sp³-hybridized carbons (Fsp3) is 0.933. The SMILES string of the molecule is CCNC1(C(N)=O)CCCC(N(C)CCC(C)C)C1. The Hall–Kier alpha value is -0.610. The summed E-state index contributed by atoms with van der Waals surface area (Å²) < 4.78 is 0. The Morgan fingerprint density at radius 1 is 1.53 bits per heavy atom. The van der Waals surface area contributed by atoms with E-state index >= 15 is 0 Å². The molecule has 1 rings (SSSR count). The molecule has 3 N–H and O–H groups in total. The third-order valence-electron chi connectivity index (χ3n) is 4.39. The maximum Gasteiger partial charge on any atom is 0.237 e. The molecule has 1 aliphatic carbocycles. The number of carbonyl (C=O) groups excluding carboxylic acids is 1. The first-order valence-corrected chi connectivity index (χ1v) is 7.66. The first-order valence-electron chi connectivity index (χ1n) is 7.66. The van der Waals surface area contributed by atoms with Crippen LogP contribution < -0.4 is 11.1 Å². The summed E-state index contributed by atoms with van der Waals surface area (Å²) in [5, 5.41) is 3.35. The molecule has 0 saturated heterocycles. The molecule has 0 aromatic rings. The monoisotopic (exact) mass is 269 g/mol. The molecule has 0 aliphatic heterocycles. The summed E-state index contributed by atoms with van der Waals surface area (Å²) in [5.74, 6) is 0.539. The van der Waals surface area contributed by atoms with Crippen LogP contribution in [-0.4, -0.2) is 42.5 Å². The zero-order valence-corrected chi connectivity index (χ0v) is 13.0. The molecule has 1 amide bonds. The summed E-state index contributed by atoms with van der Waals surface area (Å²) >= 11 is 0. The van der Waals surface area contributed by atoms with Crippen molar-refractivity contribution in [2.24, 2.45) is 11.7 Å². The Morgan fingerprint density at radius 3 is 2.74 bits per heavy atom. The molecule has 0 spiro atoms. The number of rotatable bonds is 7. The minimum atomic E-state index is -0.482. The lowest BCUT2D eigenvalue weighted by Crippen LogP contribution is -2.60. The Labute approximate surface area is 118 Å². The number of carbonyl (C=O) groups is 1. The summed E-state index contributed by atoms with van der Waals surface area (Å²) in [6.07, 6.45) is 5.19. The zero-order chi connectivity index (χ0) is 14.5. The van der Waals surface area contributed by atoms with Gasteiger partial charge in [-0.15, -0.1) is 0 Å². The molecule has 0 aromatic carbocycles. The van der Waals surface area contributed by atoms with E-state index in [4.69, 9.17) is 5.73 Å². The number of likely N-dealkylation sites (N-methyl/N-ethyl adjacent to an activating group) is 1. The molecule has 19 heavy (non-hydrogen) atoms. The van der Waals surface area contributed by atoms with Gasteiger partial charge >= 0.3 is 0 Å². The quantitative estimate of drug-likeness (QED) is 0.740. The maximum atomic E-state index is 11.8. The zero-order valence-electron chi connectivity index (χ0n) is 13.0. The Balaban J connectivity index is 2.63. The smallest absolute Gasteiger partial charge is 0.237 e. The van der Waals surface area contributed by atoms with Crippen molar-refractivity contribution < 1.29 is 4.79 Å². The summed E-state index contributed by atoms with van der Waals surface area (Å²) in [5.41, 5.74) is 5.17. The third kappa shape index (κ3) is 4.46. The molecular formula is C15H31N3O. The van der Waals surface area contributed by atoms with Gasteiger partial charge in [-0.3, -0.25) is 4.79 Å². The first kappa shape index (κ1) is 16.4. The second-order valence-corrected chi connectivity index (χ2v) is 6.39.